The van der Waals surface area contributed by atoms with E-state index in [2.05, 4.69) is 5.09 Å². The number of alkyl halides is 2. The van der Waals surface area contributed by atoms with Crippen molar-refractivity contribution in [3.8, 4) is 5.75 Å². The van der Waals surface area contributed by atoms with E-state index in [0.717, 1.165) is 16.8 Å². The minimum absolute atomic E-state index is 0.146. The van der Waals surface area contributed by atoms with Gasteiger partial charge in [0.25, 0.3) is 5.56 Å². The number of benzene rings is 1. The van der Waals surface area contributed by atoms with Crippen LogP contribution >= 0.6 is 7.75 Å². The lowest BCUT2D eigenvalue weighted by Crippen LogP contribution is -2.37. The van der Waals surface area contributed by atoms with Gasteiger partial charge in [-0.2, -0.15) is 5.09 Å². The van der Waals surface area contributed by atoms with Gasteiger partial charge < -0.3 is 14.0 Å². The molecule has 1 saturated heterocycles. The molecule has 198 valence electrons. The zero-order valence-corrected chi connectivity index (χ0v) is 20.7. The lowest BCUT2D eigenvalue weighted by atomic mass is 10.0. The maximum absolute atomic E-state index is 15.0. The Balaban J connectivity index is 1.79. The van der Waals surface area contributed by atoms with E-state index in [0.29, 0.717) is 0 Å². The van der Waals surface area contributed by atoms with Crippen LogP contribution in [0.3, 0.4) is 0 Å². The van der Waals surface area contributed by atoms with Crippen LogP contribution < -0.4 is 20.9 Å². The number of nitrogens with zero attached hydrogens (tertiary/aromatic N) is 1. The smallest absolute Gasteiger partial charge is 0.459 e. The third-order valence-corrected chi connectivity index (χ3v) is 6.86. The number of esters is 1. The van der Waals surface area contributed by atoms with Gasteiger partial charge in [-0.3, -0.25) is 28.1 Å². The summed E-state index contributed by atoms with van der Waals surface area (Å²) >= 11 is 0. The largest absolute Gasteiger partial charge is 0.462 e. The number of para-hydroxylation sites is 1. The quantitative estimate of drug-likeness (QED) is 0.331. The molecule has 14 heteroatoms. The number of aromatic amines is 1. The molecule has 0 radical (unpaired) electrons. The van der Waals surface area contributed by atoms with Crippen molar-refractivity contribution in [1.29, 1.82) is 0 Å². The second-order valence-corrected chi connectivity index (χ2v) is 10.1. The van der Waals surface area contributed by atoms with Gasteiger partial charge >= 0.3 is 19.4 Å². The zero-order valence-electron chi connectivity index (χ0n) is 19.8. The van der Waals surface area contributed by atoms with Gasteiger partial charge in [-0.05, 0) is 32.9 Å². The molecule has 2 aromatic rings. The molecule has 11 nitrogen and oxygen atoms in total. The molecule has 1 aliphatic rings. The van der Waals surface area contributed by atoms with E-state index >= 15 is 4.39 Å². The van der Waals surface area contributed by atoms with Crippen molar-refractivity contribution >= 4 is 13.7 Å². The van der Waals surface area contributed by atoms with Crippen LogP contribution in [0.25, 0.3) is 0 Å². The van der Waals surface area contributed by atoms with Crippen LogP contribution in [0.15, 0.2) is 52.2 Å². The number of carbonyl (C=O) groups excluding carboxylic acids is 1. The van der Waals surface area contributed by atoms with Gasteiger partial charge in [0.2, 0.25) is 0 Å². The molecule has 0 saturated carbocycles. The van der Waals surface area contributed by atoms with E-state index < -0.39 is 74.8 Å². The number of hydrogen-bond donors (Lipinski definition) is 2. The molecule has 1 aliphatic heterocycles. The SMILES string of the molecule is CC(C)OC(=O)[C@H](C)NP(=O)(OC[C@H]1O[C@@H](n2ccc(=O)[nH]c2=O)[C@H](F)[C@@H]1CF)Oc1ccccc1. The molecule has 0 spiro atoms. The van der Waals surface area contributed by atoms with Gasteiger partial charge in [-0.15, -0.1) is 0 Å². The first-order valence-electron chi connectivity index (χ1n) is 11.2. The predicted molar refractivity (Wildman–Crippen MR) is 124 cm³/mol. The molecular formula is C22H28F2N3O8P. The number of hydrogen-bond acceptors (Lipinski definition) is 8. The van der Waals surface area contributed by atoms with Gasteiger partial charge in [0.1, 0.15) is 11.8 Å². The van der Waals surface area contributed by atoms with Crippen LogP contribution in [-0.2, 0) is 23.4 Å². The van der Waals surface area contributed by atoms with Crippen molar-refractivity contribution in [2.75, 3.05) is 13.3 Å². The Labute approximate surface area is 205 Å². The van der Waals surface area contributed by atoms with E-state index in [-0.39, 0.29) is 5.75 Å². The van der Waals surface area contributed by atoms with Crippen LogP contribution in [0.2, 0.25) is 0 Å². The molecule has 0 bridgehead atoms. The topological polar surface area (TPSA) is 138 Å². The minimum Gasteiger partial charge on any atom is -0.462 e. The third-order valence-electron chi connectivity index (χ3n) is 5.21. The summed E-state index contributed by atoms with van der Waals surface area (Å²) in [6, 6.07) is 7.82. The maximum atomic E-state index is 15.0. The highest BCUT2D eigenvalue weighted by atomic mass is 31.2. The molecular weight excluding hydrogens is 503 g/mol. The Morgan fingerprint density at radius 3 is 2.53 bits per heavy atom. The summed E-state index contributed by atoms with van der Waals surface area (Å²) < 4.78 is 64.7. The molecule has 2 N–H and O–H groups in total. The van der Waals surface area contributed by atoms with E-state index in [4.69, 9.17) is 18.5 Å². The Bertz CT molecular complexity index is 1190. The number of rotatable bonds is 11. The summed E-state index contributed by atoms with van der Waals surface area (Å²) in [6.07, 6.45) is -4.20. The van der Waals surface area contributed by atoms with Crippen LogP contribution in [0.1, 0.15) is 27.0 Å². The van der Waals surface area contributed by atoms with Crippen molar-refractivity contribution in [3.63, 3.8) is 0 Å². The number of aromatic nitrogens is 2. The number of halogens is 2. The van der Waals surface area contributed by atoms with E-state index in [1.165, 1.54) is 19.1 Å². The second kappa shape index (κ2) is 11.9. The van der Waals surface area contributed by atoms with Crippen LogP contribution in [0, 0.1) is 5.92 Å². The standard InChI is InChI=1S/C22H28F2N3O8P/c1-13(2)33-21(29)14(3)26-36(31,35-15-7-5-4-6-8-15)32-12-17-16(11-23)19(24)20(34-17)27-10-9-18(28)25-22(27)30/h4-10,13-14,16-17,19-20H,11-12H2,1-3H3,(H,26,31)(H,25,28,30)/t14-,16+,17+,19+,20+,36?/m0/s1. The average Bonchev–Trinajstić information content (AvgIpc) is 3.13. The fourth-order valence-corrected chi connectivity index (χ4v) is 4.97. The Morgan fingerprint density at radius 2 is 1.92 bits per heavy atom. The number of ether oxygens (including phenoxy) is 2. The highest BCUT2D eigenvalue weighted by Gasteiger charge is 2.47. The van der Waals surface area contributed by atoms with Gasteiger partial charge in [0.05, 0.1) is 31.4 Å². The van der Waals surface area contributed by atoms with E-state index in [1.807, 2.05) is 4.98 Å². The normalized spacial score (nSPS) is 24.3. The fraction of sp³-hybridized carbons (Fsp3) is 0.500. The van der Waals surface area contributed by atoms with Crippen LogP contribution in [0.5, 0.6) is 5.75 Å². The molecule has 0 aliphatic carbocycles. The Hall–Kier alpha value is -2.86. The first kappa shape index (κ1) is 27.7. The highest BCUT2D eigenvalue weighted by molar-refractivity contribution is 7.52. The van der Waals surface area contributed by atoms with E-state index in [1.54, 1.807) is 32.0 Å². The Kier molecular flexibility index (Phi) is 9.18. The monoisotopic (exact) mass is 531 g/mol. The molecule has 1 aromatic heterocycles. The summed E-state index contributed by atoms with van der Waals surface area (Å²) in [6.45, 7) is 2.91. The molecule has 1 unspecified atom stereocenters. The van der Waals surface area contributed by atoms with Crippen molar-refractivity contribution in [2.24, 2.45) is 5.92 Å². The molecule has 0 amide bonds. The number of H-pyrrole nitrogens is 1. The van der Waals surface area contributed by atoms with Crippen LogP contribution in [-0.4, -0.2) is 53.2 Å². The van der Waals surface area contributed by atoms with Gasteiger partial charge in [-0.1, -0.05) is 18.2 Å². The number of nitrogens with one attached hydrogen (secondary N) is 2. The van der Waals surface area contributed by atoms with Crippen molar-refractivity contribution in [2.45, 2.75) is 51.4 Å². The molecule has 2 heterocycles. The highest BCUT2D eigenvalue weighted by Crippen LogP contribution is 2.46. The minimum atomic E-state index is -4.30. The molecule has 3 rings (SSSR count). The summed E-state index contributed by atoms with van der Waals surface area (Å²) in [7, 11) is -4.30. The van der Waals surface area contributed by atoms with Crippen molar-refractivity contribution in [1.82, 2.24) is 14.6 Å². The molecule has 1 aromatic carbocycles. The molecule has 6 atom stereocenters. The fourth-order valence-electron chi connectivity index (χ4n) is 3.47. The second-order valence-electron chi connectivity index (χ2n) is 8.38. The molecule has 1 fully saturated rings. The average molecular weight is 531 g/mol. The first-order chi connectivity index (χ1) is 17.0. The van der Waals surface area contributed by atoms with Gasteiger partial charge in [0.15, 0.2) is 12.4 Å². The lowest BCUT2D eigenvalue weighted by molar-refractivity contribution is -0.149. The zero-order chi connectivity index (χ0) is 26.5. The van der Waals surface area contributed by atoms with Gasteiger partial charge in [0, 0.05) is 12.3 Å². The lowest BCUT2D eigenvalue weighted by Gasteiger charge is -2.25. The number of carbonyl (C=O) groups is 1. The van der Waals surface area contributed by atoms with E-state index in [9.17, 15) is 23.3 Å². The molecule has 36 heavy (non-hydrogen) atoms. The van der Waals surface area contributed by atoms with Crippen molar-refractivity contribution in [3.05, 3.63) is 63.4 Å². The summed E-state index contributed by atoms with van der Waals surface area (Å²) in [4.78, 5) is 37.6. The van der Waals surface area contributed by atoms with Crippen molar-refractivity contribution < 1.29 is 36.7 Å². The van der Waals surface area contributed by atoms with Crippen LogP contribution in [0.4, 0.5) is 8.78 Å². The maximum Gasteiger partial charge on any atom is 0.459 e. The predicted octanol–water partition coefficient (Wildman–Crippen LogP) is 2.49. The Morgan fingerprint density at radius 1 is 1.22 bits per heavy atom. The third kappa shape index (κ3) is 6.88. The summed E-state index contributed by atoms with van der Waals surface area (Å²) in [5.41, 5.74) is -1.63. The summed E-state index contributed by atoms with van der Waals surface area (Å²) in [5.74, 6) is -1.94. The summed E-state index contributed by atoms with van der Waals surface area (Å²) in [5, 5.41) is 2.47. The first-order valence-corrected chi connectivity index (χ1v) is 12.7. The van der Waals surface area contributed by atoms with Gasteiger partial charge in [-0.25, -0.2) is 13.8 Å².